The van der Waals surface area contributed by atoms with Gasteiger partial charge in [0.25, 0.3) is 5.91 Å². The zero-order valence-electron chi connectivity index (χ0n) is 11.0. The van der Waals surface area contributed by atoms with Gasteiger partial charge in [-0.25, -0.2) is 0 Å². The van der Waals surface area contributed by atoms with Crippen LogP contribution in [-0.4, -0.2) is 26.0 Å². The number of benzene rings is 1. The Balaban J connectivity index is 3.14. The van der Waals surface area contributed by atoms with Crippen molar-refractivity contribution >= 4 is 17.9 Å². The van der Waals surface area contributed by atoms with E-state index in [1.165, 1.54) is 27.2 Å². The molecule has 2 amide bonds. The number of rotatable bonds is 5. The van der Waals surface area contributed by atoms with Crippen LogP contribution in [0.5, 0.6) is 11.5 Å². The molecule has 0 saturated heterocycles. The lowest BCUT2D eigenvalue weighted by Gasteiger charge is -2.09. The van der Waals surface area contributed by atoms with E-state index in [1.54, 1.807) is 18.2 Å². The van der Waals surface area contributed by atoms with Crippen molar-refractivity contribution in [3.05, 3.63) is 29.5 Å². The van der Waals surface area contributed by atoms with E-state index in [-0.39, 0.29) is 11.6 Å². The molecule has 6 heteroatoms. The molecule has 0 fully saturated rings. The highest BCUT2D eigenvalue weighted by Crippen LogP contribution is 2.28. The smallest absolute Gasteiger partial charge is 0.265 e. The van der Waals surface area contributed by atoms with Gasteiger partial charge >= 0.3 is 0 Å². The van der Waals surface area contributed by atoms with Gasteiger partial charge in [0.05, 0.1) is 14.2 Å². The zero-order chi connectivity index (χ0) is 14.4. The summed E-state index contributed by atoms with van der Waals surface area (Å²) in [5, 5.41) is 2.37. The van der Waals surface area contributed by atoms with Gasteiger partial charge in [-0.3, -0.25) is 9.59 Å². The molecule has 102 valence electrons. The molecule has 0 aliphatic carbocycles. The first kappa shape index (κ1) is 14.6. The number of carbonyl (C=O) groups excluding carboxylic acids is 2. The molecule has 3 N–H and O–H groups in total. The van der Waals surface area contributed by atoms with E-state index in [0.717, 1.165) is 0 Å². The van der Waals surface area contributed by atoms with Crippen LogP contribution in [0.2, 0.25) is 0 Å². The van der Waals surface area contributed by atoms with E-state index >= 15 is 0 Å². The minimum atomic E-state index is -0.718. The van der Waals surface area contributed by atoms with Crippen molar-refractivity contribution in [2.45, 2.75) is 6.92 Å². The third-order valence-electron chi connectivity index (χ3n) is 2.29. The second-order valence-electron chi connectivity index (χ2n) is 3.72. The van der Waals surface area contributed by atoms with Crippen molar-refractivity contribution in [2.24, 2.45) is 5.73 Å². The van der Waals surface area contributed by atoms with Crippen molar-refractivity contribution in [2.75, 3.05) is 14.2 Å². The third-order valence-corrected chi connectivity index (χ3v) is 2.29. The Labute approximate surface area is 111 Å². The predicted molar refractivity (Wildman–Crippen MR) is 70.5 cm³/mol. The number of hydrogen-bond acceptors (Lipinski definition) is 4. The van der Waals surface area contributed by atoms with Gasteiger partial charge in [-0.2, -0.15) is 0 Å². The number of carbonyl (C=O) groups is 2. The molecule has 0 radical (unpaired) electrons. The highest BCUT2D eigenvalue weighted by atomic mass is 16.5. The summed E-state index contributed by atoms with van der Waals surface area (Å²) in [7, 11) is 3.04. The second kappa shape index (κ2) is 6.44. The average molecular weight is 264 g/mol. The quantitative estimate of drug-likeness (QED) is 0.764. The standard InChI is InChI=1S/C13H16N2O4/c1-8(16)15-10(13(14)17)6-9-4-5-11(18-2)12(7-9)19-3/h4-7H,1-3H3,(H2,14,17)(H,15,16). The normalized spacial score (nSPS) is 10.8. The maximum atomic E-state index is 11.2. The van der Waals surface area contributed by atoms with E-state index in [4.69, 9.17) is 15.2 Å². The molecule has 0 heterocycles. The monoisotopic (exact) mass is 264 g/mol. The highest BCUT2D eigenvalue weighted by molar-refractivity contribution is 5.99. The number of ether oxygens (including phenoxy) is 2. The number of nitrogens with two attached hydrogens (primary N) is 1. The molecule has 0 atom stereocenters. The van der Waals surface area contributed by atoms with E-state index in [1.807, 2.05) is 0 Å². The molecule has 0 spiro atoms. The summed E-state index contributed by atoms with van der Waals surface area (Å²) in [5.41, 5.74) is 5.85. The van der Waals surface area contributed by atoms with Gasteiger partial charge in [-0.15, -0.1) is 0 Å². The number of primary amides is 1. The fraction of sp³-hybridized carbons (Fsp3) is 0.231. The van der Waals surface area contributed by atoms with E-state index in [9.17, 15) is 9.59 Å². The number of nitrogens with one attached hydrogen (secondary N) is 1. The first-order valence-corrected chi connectivity index (χ1v) is 5.49. The van der Waals surface area contributed by atoms with Gasteiger partial charge < -0.3 is 20.5 Å². The molecule has 1 aromatic rings. The summed E-state index contributed by atoms with van der Waals surface area (Å²) in [5.74, 6) is -0.00166. The number of hydrogen-bond donors (Lipinski definition) is 2. The minimum Gasteiger partial charge on any atom is -0.493 e. The molecule has 1 aromatic carbocycles. The average Bonchev–Trinajstić information content (AvgIpc) is 2.37. The van der Waals surface area contributed by atoms with Gasteiger partial charge in [-0.05, 0) is 23.8 Å². The molecule has 0 aliphatic rings. The van der Waals surface area contributed by atoms with Crippen LogP contribution >= 0.6 is 0 Å². The Kier molecular flexibility index (Phi) is 4.93. The summed E-state index contributed by atoms with van der Waals surface area (Å²) in [6, 6.07) is 5.08. The molecular weight excluding hydrogens is 248 g/mol. The van der Waals surface area contributed by atoms with E-state index in [0.29, 0.717) is 17.1 Å². The number of methoxy groups -OCH3 is 2. The molecule has 19 heavy (non-hydrogen) atoms. The van der Waals surface area contributed by atoms with Gasteiger partial charge in [0, 0.05) is 6.92 Å². The molecule has 0 bridgehead atoms. The molecule has 1 rings (SSSR count). The SMILES string of the molecule is COc1ccc(C=C(NC(C)=O)C(N)=O)cc1OC. The van der Waals surface area contributed by atoms with Crippen LogP contribution in [0.4, 0.5) is 0 Å². The van der Waals surface area contributed by atoms with Crippen molar-refractivity contribution in [3.63, 3.8) is 0 Å². The summed E-state index contributed by atoms with van der Waals surface area (Å²) >= 11 is 0. The topological polar surface area (TPSA) is 90.6 Å². The lowest BCUT2D eigenvalue weighted by Crippen LogP contribution is -2.29. The summed E-state index contributed by atoms with van der Waals surface area (Å²) in [6.07, 6.45) is 1.46. The maximum absolute atomic E-state index is 11.2. The van der Waals surface area contributed by atoms with Crippen LogP contribution in [0.25, 0.3) is 6.08 Å². The third kappa shape index (κ3) is 4.02. The molecule has 6 nitrogen and oxygen atoms in total. The van der Waals surface area contributed by atoms with Gasteiger partial charge in [-0.1, -0.05) is 6.07 Å². The van der Waals surface area contributed by atoms with Crippen LogP contribution < -0.4 is 20.5 Å². The first-order chi connectivity index (χ1) is 8.97. The Hall–Kier alpha value is -2.50. The van der Waals surface area contributed by atoms with Crippen molar-refractivity contribution in [3.8, 4) is 11.5 Å². The van der Waals surface area contributed by atoms with Gasteiger partial charge in [0.15, 0.2) is 11.5 Å². The van der Waals surface area contributed by atoms with Crippen LogP contribution in [0, 0.1) is 0 Å². The molecule has 0 saturated carbocycles. The van der Waals surface area contributed by atoms with E-state index < -0.39 is 5.91 Å². The Morgan fingerprint density at radius 1 is 1.21 bits per heavy atom. The Bertz CT molecular complexity index is 523. The lowest BCUT2D eigenvalue weighted by atomic mass is 10.1. The van der Waals surface area contributed by atoms with Crippen LogP contribution in [-0.2, 0) is 9.59 Å². The summed E-state index contributed by atoms with van der Waals surface area (Å²) in [4.78, 5) is 22.2. The molecule has 0 aromatic heterocycles. The van der Waals surface area contributed by atoms with Crippen molar-refractivity contribution < 1.29 is 19.1 Å². The first-order valence-electron chi connectivity index (χ1n) is 5.49. The second-order valence-corrected chi connectivity index (χ2v) is 3.72. The molecular formula is C13H16N2O4. The minimum absolute atomic E-state index is 0.0136. The largest absolute Gasteiger partial charge is 0.493 e. The highest BCUT2D eigenvalue weighted by Gasteiger charge is 2.08. The summed E-state index contributed by atoms with van der Waals surface area (Å²) in [6.45, 7) is 1.30. The Morgan fingerprint density at radius 3 is 2.32 bits per heavy atom. The lowest BCUT2D eigenvalue weighted by molar-refractivity contribution is -0.121. The van der Waals surface area contributed by atoms with Gasteiger partial charge in [0.2, 0.25) is 5.91 Å². The van der Waals surface area contributed by atoms with Crippen LogP contribution in [0.15, 0.2) is 23.9 Å². The molecule has 0 aliphatic heterocycles. The van der Waals surface area contributed by atoms with Crippen molar-refractivity contribution in [1.82, 2.24) is 5.32 Å². The van der Waals surface area contributed by atoms with Crippen LogP contribution in [0.1, 0.15) is 12.5 Å². The van der Waals surface area contributed by atoms with Gasteiger partial charge in [0.1, 0.15) is 5.70 Å². The zero-order valence-corrected chi connectivity index (χ0v) is 11.0. The van der Waals surface area contributed by atoms with Crippen molar-refractivity contribution in [1.29, 1.82) is 0 Å². The summed E-state index contributed by atoms with van der Waals surface area (Å²) < 4.78 is 10.2. The predicted octanol–water partition coefficient (Wildman–Crippen LogP) is 0.666. The maximum Gasteiger partial charge on any atom is 0.265 e. The fourth-order valence-corrected chi connectivity index (χ4v) is 1.47. The fourth-order valence-electron chi connectivity index (χ4n) is 1.47. The number of amides is 2. The van der Waals surface area contributed by atoms with Crippen LogP contribution in [0.3, 0.4) is 0 Å². The Morgan fingerprint density at radius 2 is 1.84 bits per heavy atom. The molecule has 0 unspecified atom stereocenters. The van der Waals surface area contributed by atoms with E-state index in [2.05, 4.69) is 5.32 Å².